The monoisotopic (exact) mass is 378 g/mol. The van der Waals surface area contributed by atoms with Crippen molar-refractivity contribution in [3.63, 3.8) is 0 Å². The van der Waals surface area contributed by atoms with E-state index in [9.17, 15) is 15.0 Å². The molecule has 2 aliphatic rings. The number of hydrogen-bond acceptors (Lipinski definition) is 8. The number of nitrogens with zero attached hydrogens (tertiary/aromatic N) is 1. The predicted octanol–water partition coefficient (Wildman–Crippen LogP) is -0.316. The Morgan fingerprint density at radius 3 is 2.62 bits per heavy atom. The van der Waals surface area contributed by atoms with E-state index in [0.29, 0.717) is 13.0 Å². The lowest BCUT2D eigenvalue weighted by Crippen LogP contribution is -2.57. The molecule has 4 atom stereocenters. The quantitative estimate of drug-likeness (QED) is 0.289. The molecule has 140 valence electrons. The van der Waals surface area contributed by atoms with Crippen LogP contribution in [0.15, 0.2) is 0 Å². The van der Waals surface area contributed by atoms with Crippen LogP contribution in [-0.4, -0.2) is 74.2 Å². The number of nitrogens with one attached hydrogen (secondary N) is 2. The first-order valence-corrected chi connectivity index (χ1v) is 10.6. The van der Waals surface area contributed by atoms with Crippen LogP contribution in [0.2, 0.25) is 0 Å². The van der Waals surface area contributed by atoms with Gasteiger partial charge < -0.3 is 15.5 Å². The third-order valence-electron chi connectivity index (χ3n) is 4.53. The molecule has 24 heavy (non-hydrogen) atoms. The molecule has 0 aromatic heterocycles. The molecule has 0 aliphatic carbocycles. The van der Waals surface area contributed by atoms with Gasteiger partial charge in [0.1, 0.15) is 12.3 Å². The number of carbonyl (C=O) groups is 1. The van der Waals surface area contributed by atoms with E-state index in [4.69, 9.17) is 5.84 Å². The predicted molar refractivity (Wildman–Crippen MR) is 99.5 cm³/mol. The standard InChI is InChI=1S/C15H30N4O3S2/c1-3-5-10(12(20)14(22)17-4-2)18-13(21)11-8-15(9-19(11)16)23-6-7-24-15/h10-13,18,20-21H,3-9,16H2,1-2H3,(H,17,22)/t10?,11-,12?,13-/m0/s1. The second kappa shape index (κ2) is 9.07. The maximum Gasteiger partial charge on any atom is 0.250 e. The van der Waals surface area contributed by atoms with Crippen molar-refractivity contribution in [3.05, 3.63) is 0 Å². The fourth-order valence-corrected chi connectivity index (χ4v) is 6.63. The summed E-state index contributed by atoms with van der Waals surface area (Å²) in [6, 6.07) is -0.714. The van der Waals surface area contributed by atoms with Crippen LogP contribution in [0.3, 0.4) is 0 Å². The summed E-state index contributed by atoms with van der Waals surface area (Å²) in [6.07, 6.45) is 0.130. The van der Waals surface area contributed by atoms with Crippen molar-refractivity contribution < 1.29 is 15.0 Å². The fourth-order valence-electron chi connectivity index (χ4n) is 3.33. The van der Waals surface area contributed by atoms with Crippen molar-refractivity contribution >= 4 is 29.4 Å². The van der Waals surface area contributed by atoms with Crippen molar-refractivity contribution in [2.24, 2.45) is 5.84 Å². The molecule has 7 nitrogen and oxygen atoms in total. The number of carbonyl (C=O) groups excluding carboxylic acids is 1. The summed E-state index contributed by atoms with van der Waals surface area (Å²) in [5.41, 5.74) is 0. The second-order valence-electron chi connectivity index (χ2n) is 6.40. The van der Waals surface area contributed by atoms with Crippen LogP contribution in [0.1, 0.15) is 33.1 Å². The maximum absolute atomic E-state index is 11.9. The zero-order chi connectivity index (χ0) is 17.7. The van der Waals surface area contributed by atoms with E-state index in [-0.39, 0.29) is 10.1 Å². The molecule has 6 N–H and O–H groups in total. The van der Waals surface area contributed by atoms with Crippen LogP contribution in [0.5, 0.6) is 0 Å². The van der Waals surface area contributed by atoms with Crippen molar-refractivity contribution in [2.45, 2.75) is 61.6 Å². The molecule has 0 aromatic rings. The highest BCUT2D eigenvalue weighted by Gasteiger charge is 2.48. The van der Waals surface area contributed by atoms with E-state index in [2.05, 4.69) is 10.6 Å². The highest BCUT2D eigenvalue weighted by atomic mass is 32.2. The zero-order valence-electron chi connectivity index (χ0n) is 14.4. The number of aliphatic hydroxyl groups is 2. The van der Waals surface area contributed by atoms with Crippen molar-refractivity contribution in [2.75, 3.05) is 24.6 Å². The SMILES string of the molecule is CCCC(N[C@@H](O)[C@@H]1CC2(CN1N)SCCS2)C(O)C(=O)NCC. The minimum Gasteiger partial charge on any atom is -0.382 e. The summed E-state index contributed by atoms with van der Waals surface area (Å²) in [4.78, 5) is 11.9. The average molecular weight is 379 g/mol. The van der Waals surface area contributed by atoms with Gasteiger partial charge in [0.15, 0.2) is 0 Å². The fraction of sp³-hybridized carbons (Fsp3) is 0.933. The summed E-state index contributed by atoms with van der Waals surface area (Å²) in [5, 5.41) is 28.3. The van der Waals surface area contributed by atoms with Crippen molar-refractivity contribution in [1.29, 1.82) is 0 Å². The van der Waals surface area contributed by atoms with E-state index < -0.39 is 24.3 Å². The minimum absolute atomic E-state index is 0.0700. The lowest BCUT2D eigenvalue weighted by atomic mass is 10.0. The Hall–Kier alpha value is -0.0300. The second-order valence-corrected chi connectivity index (χ2v) is 9.61. The number of hydrazine groups is 1. The number of aliphatic hydroxyl groups excluding tert-OH is 2. The highest BCUT2D eigenvalue weighted by molar-refractivity contribution is 8.21. The van der Waals surface area contributed by atoms with Crippen LogP contribution >= 0.6 is 23.5 Å². The van der Waals surface area contributed by atoms with Gasteiger partial charge in [-0.15, -0.1) is 23.5 Å². The summed E-state index contributed by atoms with van der Waals surface area (Å²) in [6.45, 7) is 5.00. The first-order chi connectivity index (χ1) is 11.4. The molecule has 2 saturated heterocycles. The molecule has 0 aromatic carbocycles. The molecule has 2 unspecified atom stereocenters. The summed E-state index contributed by atoms with van der Waals surface area (Å²) < 4.78 is 0.0700. The lowest BCUT2D eigenvalue weighted by Gasteiger charge is -2.31. The Bertz CT molecular complexity index is 424. The lowest BCUT2D eigenvalue weighted by molar-refractivity contribution is -0.131. The molecular weight excluding hydrogens is 348 g/mol. The molecule has 0 radical (unpaired) electrons. The van der Waals surface area contributed by atoms with Gasteiger partial charge in [-0.3, -0.25) is 16.0 Å². The normalized spacial score (nSPS) is 27.3. The minimum atomic E-state index is -1.18. The molecule has 0 saturated carbocycles. The Balaban J connectivity index is 1.96. The molecule has 1 amide bonds. The Labute approximate surface area is 152 Å². The molecule has 9 heteroatoms. The molecular formula is C15H30N4O3S2. The van der Waals surface area contributed by atoms with Gasteiger partial charge in [-0.25, -0.2) is 5.01 Å². The Morgan fingerprint density at radius 2 is 2.04 bits per heavy atom. The van der Waals surface area contributed by atoms with Crippen LogP contribution in [0, 0.1) is 0 Å². The Morgan fingerprint density at radius 1 is 1.38 bits per heavy atom. The number of rotatable bonds is 8. The average Bonchev–Trinajstić information content (AvgIpc) is 3.13. The van der Waals surface area contributed by atoms with Gasteiger partial charge in [0.05, 0.1) is 10.1 Å². The number of nitrogens with two attached hydrogens (primary N) is 1. The summed E-state index contributed by atoms with van der Waals surface area (Å²) >= 11 is 3.83. The smallest absolute Gasteiger partial charge is 0.250 e. The molecule has 2 rings (SSSR count). The zero-order valence-corrected chi connectivity index (χ0v) is 16.0. The largest absolute Gasteiger partial charge is 0.382 e. The van der Waals surface area contributed by atoms with Crippen molar-refractivity contribution in [1.82, 2.24) is 15.6 Å². The van der Waals surface area contributed by atoms with E-state index >= 15 is 0 Å². The van der Waals surface area contributed by atoms with Gasteiger partial charge in [-0.1, -0.05) is 13.3 Å². The number of likely N-dealkylation sites (N-methyl/N-ethyl adjacent to an activating group) is 1. The number of thioether (sulfide) groups is 2. The molecule has 0 bridgehead atoms. The molecule has 2 heterocycles. The van der Waals surface area contributed by atoms with Crippen LogP contribution in [0.4, 0.5) is 0 Å². The molecule has 2 aliphatic heterocycles. The van der Waals surface area contributed by atoms with E-state index in [0.717, 1.165) is 30.9 Å². The van der Waals surface area contributed by atoms with Gasteiger partial charge >= 0.3 is 0 Å². The Kier molecular flexibility index (Phi) is 7.66. The first kappa shape index (κ1) is 20.3. The highest BCUT2D eigenvalue weighted by Crippen LogP contribution is 2.51. The number of amides is 1. The van der Waals surface area contributed by atoms with E-state index in [1.807, 2.05) is 37.4 Å². The van der Waals surface area contributed by atoms with Crippen LogP contribution in [0.25, 0.3) is 0 Å². The van der Waals surface area contributed by atoms with Gasteiger partial charge in [0, 0.05) is 30.6 Å². The van der Waals surface area contributed by atoms with Crippen molar-refractivity contribution in [3.8, 4) is 0 Å². The van der Waals surface area contributed by atoms with E-state index in [1.165, 1.54) is 0 Å². The van der Waals surface area contributed by atoms with Gasteiger partial charge in [0.2, 0.25) is 5.91 Å². The first-order valence-electron chi connectivity index (χ1n) is 8.61. The van der Waals surface area contributed by atoms with Gasteiger partial charge in [0.25, 0.3) is 0 Å². The molecule has 2 fully saturated rings. The summed E-state index contributed by atoms with van der Waals surface area (Å²) in [7, 11) is 0. The van der Waals surface area contributed by atoms with Crippen LogP contribution < -0.4 is 16.5 Å². The molecule has 1 spiro atoms. The van der Waals surface area contributed by atoms with E-state index in [1.54, 1.807) is 5.01 Å². The number of hydrogen-bond donors (Lipinski definition) is 5. The van der Waals surface area contributed by atoms with Gasteiger partial charge in [-0.2, -0.15) is 0 Å². The van der Waals surface area contributed by atoms with Gasteiger partial charge in [-0.05, 0) is 19.8 Å². The topological polar surface area (TPSA) is 111 Å². The summed E-state index contributed by atoms with van der Waals surface area (Å²) in [5.74, 6) is 7.95. The third kappa shape index (κ3) is 4.78. The third-order valence-corrected chi connectivity index (χ3v) is 7.96. The maximum atomic E-state index is 11.9. The van der Waals surface area contributed by atoms with Crippen LogP contribution in [-0.2, 0) is 4.79 Å².